The number of H-pyrrole nitrogens is 1. The lowest BCUT2D eigenvalue weighted by Gasteiger charge is -2.18. The Morgan fingerprint density at radius 2 is 1.95 bits per heavy atom. The van der Waals surface area contributed by atoms with Crippen molar-refractivity contribution in [3.05, 3.63) is 75.3 Å². The fraction of sp³-hybridized carbons (Fsp3) is 0.345. The van der Waals surface area contributed by atoms with Crippen molar-refractivity contribution < 1.29 is 17.9 Å². The molecule has 4 aromatic rings. The molecule has 12 nitrogen and oxygen atoms in total. The van der Waals surface area contributed by atoms with E-state index in [9.17, 15) is 18.0 Å². The summed E-state index contributed by atoms with van der Waals surface area (Å²) in [6, 6.07) is 8.76. The molecule has 0 spiro atoms. The van der Waals surface area contributed by atoms with Crippen molar-refractivity contribution >= 4 is 32.8 Å². The van der Waals surface area contributed by atoms with Gasteiger partial charge >= 0.3 is 0 Å². The first kappa shape index (κ1) is 29.0. The largest absolute Gasteiger partial charge is 0.493 e. The molecule has 1 fully saturated rings. The molecule has 2 aromatic heterocycles. The Balaban J connectivity index is 1.47. The fourth-order valence-corrected chi connectivity index (χ4v) is 6.39. The van der Waals surface area contributed by atoms with Gasteiger partial charge in [-0.05, 0) is 63.1 Å². The first-order valence-electron chi connectivity index (χ1n) is 13.6. The predicted molar refractivity (Wildman–Crippen MR) is 157 cm³/mol. The third-order valence-corrected chi connectivity index (χ3v) is 8.61. The number of nitrogens with one attached hydrogen (secondary N) is 2. The minimum Gasteiger partial charge on any atom is -0.493 e. The number of hydrogen-bond donors (Lipinski definition) is 2. The first-order chi connectivity index (χ1) is 20.1. The third kappa shape index (κ3) is 5.38. The van der Waals surface area contributed by atoms with Crippen LogP contribution in [0.25, 0.3) is 21.7 Å². The number of fused-ring (bicyclic) bond motifs is 1. The number of aromatic amines is 1. The predicted octanol–water partition coefficient (Wildman–Crippen LogP) is 3.69. The summed E-state index contributed by atoms with van der Waals surface area (Å²) in [4.78, 5) is 38.0. The van der Waals surface area contributed by atoms with Crippen LogP contribution < -0.4 is 19.9 Å². The molecule has 13 heteroatoms. The van der Waals surface area contributed by atoms with Crippen LogP contribution in [0.5, 0.6) is 5.75 Å². The van der Waals surface area contributed by atoms with Crippen LogP contribution in [0, 0.1) is 20.4 Å². The fourth-order valence-electron chi connectivity index (χ4n) is 5.14. The second kappa shape index (κ2) is 11.4. The Labute approximate surface area is 243 Å². The van der Waals surface area contributed by atoms with Gasteiger partial charge < -0.3 is 14.6 Å². The number of imidazole rings is 1. The van der Waals surface area contributed by atoms with Gasteiger partial charge in [-0.2, -0.15) is 0 Å². The lowest BCUT2D eigenvalue weighted by molar-refractivity contribution is -0.117. The molecule has 1 aliphatic rings. The summed E-state index contributed by atoms with van der Waals surface area (Å²) in [5.41, 5.74) is 2.63. The van der Waals surface area contributed by atoms with Crippen molar-refractivity contribution in [2.75, 3.05) is 18.1 Å². The molecule has 42 heavy (non-hydrogen) atoms. The maximum atomic E-state index is 13.5. The van der Waals surface area contributed by atoms with Crippen LogP contribution in [0.3, 0.4) is 0 Å². The normalized spacial score (nSPS) is 15.4. The van der Waals surface area contributed by atoms with Gasteiger partial charge in [-0.15, -0.1) is 5.10 Å². The molecule has 3 heterocycles. The average Bonchev–Trinajstić information content (AvgIpc) is 3.47. The number of aromatic nitrogens is 4. The van der Waals surface area contributed by atoms with Crippen LogP contribution >= 0.6 is 0 Å². The highest BCUT2D eigenvalue weighted by molar-refractivity contribution is 7.89. The number of benzene rings is 2. The molecular weight excluding hydrogens is 558 g/mol. The van der Waals surface area contributed by atoms with Gasteiger partial charge in [0.05, 0.1) is 29.3 Å². The van der Waals surface area contributed by atoms with Gasteiger partial charge in [-0.1, -0.05) is 13.0 Å². The van der Waals surface area contributed by atoms with Crippen LogP contribution in [0.15, 0.2) is 46.1 Å². The van der Waals surface area contributed by atoms with E-state index in [4.69, 9.17) is 11.3 Å². The first-order valence-corrected chi connectivity index (χ1v) is 15.1. The number of carbonyl (C=O) groups excluding carboxylic acids is 1. The van der Waals surface area contributed by atoms with Gasteiger partial charge in [-0.25, -0.2) is 27.5 Å². The van der Waals surface area contributed by atoms with Crippen molar-refractivity contribution in [3.63, 3.8) is 0 Å². The van der Waals surface area contributed by atoms with Crippen LogP contribution in [0.1, 0.15) is 43.8 Å². The quantitative estimate of drug-likeness (QED) is 0.284. The molecule has 218 valence electrons. The smallest absolute Gasteiger partial charge is 0.277 e. The molecule has 2 aromatic carbocycles. The lowest BCUT2D eigenvalue weighted by atomic mass is 10.1. The molecule has 2 N–H and O–H groups in total. The number of rotatable bonds is 9. The van der Waals surface area contributed by atoms with Gasteiger partial charge in [0.1, 0.15) is 11.6 Å². The van der Waals surface area contributed by atoms with Gasteiger partial charge in [0, 0.05) is 31.1 Å². The number of amides is 1. The van der Waals surface area contributed by atoms with Crippen molar-refractivity contribution in [2.24, 2.45) is 0 Å². The topological polar surface area (TPSA) is 143 Å². The van der Waals surface area contributed by atoms with E-state index in [0.29, 0.717) is 52.8 Å². The summed E-state index contributed by atoms with van der Waals surface area (Å²) in [5.74, 6) is 0.908. The third-order valence-electron chi connectivity index (χ3n) is 7.09. The Bertz CT molecular complexity index is 1910. The van der Waals surface area contributed by atoms with E-state index in [0.717, 1.165) is 12.0 Å². The van der Waals surface area contributed by atoms with E-state index < -0.39 is 21.6 Å². The van der Waals surface area contributed by atoms with E-state index in [1.165, 1.54) is 27.6 Å². The lowest BCUT2D eigenvalue weighted by Crippen LogP contribution is -2.37. The summed E-state index contributed by atoms with van der Waals surface area (Å²) in [5, 5.41) is 4.62. The summed E-state index contributed by atoms with van der Waals surface area (Å²) >= 11 is 0. The van der Waals surface area contributed by atoms with E-state index in [1.54, 1.807) is 39.0 Å². The highest BCUT2D eigenvalue weighted by atomic mass is 32.2. The molecule has 0 radical (unpaired) electrons. The number of aryl methyl sites for hydroxylation is 3. The summed E-state index contributed by atoms with van der Waals surface area (Å²) < 4.78 is 37.0. The molecule has 1 unspecified atom stereocenters. The number of anilines is 1. The Kier molecular flexibility index (Phi) is 7.85. The van der Waals surface area contributed by atoms with E-state index >= 15 is 0 Å². The molecular formula is C29H31N7O5S. The van der Waals surface area contributed by atoms with Gasteiger partial charge in [0.2, 0.25) is 15.9 Å². The monoisotopic (exact) mass is 589 g/mol. The zero-order valence-electron chi connectivity index (χ0n) is 23.8. The zero-order chi connectivity index (χ0) is 30.2. The number of ether oxygens (including phenoxy) is 1. The minimum absolute atomic E-state index is 0.0154. The molecule has 0 saturated carbocycles. The number of carbonyl (C=O) groups is 1. The molecule has 1 atom stereocenters. The van der Waals surface area contributed by atoms with Crippen LogP contribution in [0.2, 0.25) is 0 Å². The molecule has 0 aliphatic carbocycles. The van der Waals surface area contributed by atoms with Gasteiger partial charge in [0.25, 0.3) is 5.56 Å². The Morgan fingerprint density at radius 1 is 1.17 bits per heavy atom. The van der Waals surface area contributed by atoms with Crippen molar-refractivity contribution in [1.29, 1.82) is 0 Å². The minimum atomic E-state index is -4.08. The van der Waals surface area contributed by atoms with Crippen molar-refractivity contribution in [1.82, 2.24) is 24.3 Å². The summed E-state index contributed by atoms with van der Waals surface area (Å²) in [6.45, 7) is 15.0. The SMILES string of the molecule is [C-]#[N+]c1ccc(N2CC(NS(=O)(=O)c3ccc(OCC)c(-c4nn5c(CCC)nc(C)c5c(=O)[nH]4)c3)CC2=O)cc1C. The second-order valence-electron chi connectivity index (χ2n) is 10.1. The maximum Gasteiger partial charge on any atom is 0.277 e. The van der Waals surface area contributed by atoms with Crippen LogP contribution in [-0.4, -0.2) is 53.1 Å². The molecule has 1 saturated heterocycles. The average molecular weight is 590 g/mol. The van der Waals surface area contributed by atoms with E-state index in [2.05, 4.69) is 24.6 Å². The van der Waals surface area contributed by atoms with Crippen molar-refractivity contribution in [3.8, 4) is 17.1 Å². The molecule has 1 aliphatic heterocycles. The molecule has 1 amide bonds. The number of sulfonamides is 1. The molecule has 0 bridgehead atoms. The van der Waals surface area contributed by atoms with Crippen molar-refractivity contribution in [2.45, 2.75) is 57.9 Å². The Hall–Kier alpha value is -4.54. The standard InChI is InChI=1S/C29H31N7O5S/c1-6-8-25-31-18(4)27-29(38)32-28(33-36(25)27)22-15-21(10-12-24(22)41-7-2)42(39,40)34-19-14-26(37)35(16-19)20-9-11-23(30-5)17(3)13-20/h9-13,15,19,34H,6-8,14,16H2,1-4H3,(H,32,33,38). The van der Waals surface area contributed by atoms with Gasteiger partial charge in [0.15, 0.2) is 17.0 Å². The summed E-state index contributed by atoms with van der Waals surface area (Å²) in [7, 11) is -4.08. The van der Waals surface area contributed by atoms with E-state index in [-0.39, 0.29) is 29.6 Å². The second-order valence-corrected chi connectivity index (χ2v) is 11.8. The summed E-state index contributed by atoms with van der Waals surface area (Å²) in [6.07, 6.45) is 1.40. The maximum absolute atomic E-state index is 13.5. The van der Waals surface area contributed by atoms with Crippen LogP contribution in [-0.2, 0) is 21.2 Å². The van der Waals surface area contributed by atoms with Gasteiger partial charge in [-0.3, -0.25) is 9.59 Å². The highest BCUT2D eigenvalue weighted by Crippen LogP contribution is 2.32. The highest BCUT2D eigenvalue weighted by Gasteiger charge is 2.34. The Morgan fingerprint density at radius 3 is 2.64 bits per heavy atom. The molecule has 5 rings (SSSR count). The van der Waals surface area contributed by atoms with Crippen LogP contribution in [0.4, 0.5) is 11.4 Å². The number of nitrogens with zero attached hydrogens (tertiary/aromatic N) is 5. The van der Waals surface area contributed by atoms with E-state index in [1.807, 2.05) is 6.92 Å². The zero-order valence-corrected chi connectivity index (χ0v) is 24.6. The number of hydrogen-bond acceptors (Lipinski definition) is 7.